The van der Waals surface area contributed by atoms with E-state index in [1.54, 1.807) is 12.2 Å². The molecule has 0 aromatic heterocycles. The third-order valence-corrected chi connectivity index (χ3v) is 3.06. The molecule has 1 atom stereocenters. The molecule has 0 heterocycles. The van der Waals surface area contributed by atoms with Crippen molar-refractivity contribution in [3.05, 3.63) is 23.8 Å². The zero-order valence-electron chi connectivity index (χ0n) is 10.6. The molecule has 94 valence electrons. The molecule has 0 N–H and O–H groups in total. The van der Waals surface area contributed by atoms with Gasteiger partial charge in [-0.15, -0.1) is 0 Å². The van der Waals surface area contributed by atoms with Crippen LogP contribution in [0.2, 0.25) is 0 Å². The van der Waals surface area contributed by atoms with Gasteiger partial charge in [0.15, 0.2) is 5.78 Å². The Morgan fingerprint density at radius 3 is 3.00 bits per heavy atom. The Hall–Kier alpha value is -1.38. The highest BCUT2D eigenvalue weighted by molar-refractivity contribution is 5.93. The van der Waals surface area contributed by atoms with Gasteiger partial charge in [-0.2, -0.15) is 0 Å². The zero-order chi connectivity index (χ0) is 12.7. The molecule has 0 aromatic carbocycles. The molecule has 0 saturated carbocycles. The van der Waals surface area contributed by atoms with Gasteiger partial charge in [-0.25, -0.2) is 4.79 Å². The second-order valence-electron chi connectivity index (χ2n) is 4.49. The summed E-state index contributed by atoms with van der Waals surface area (Å²) in [5.41, 5.74) is 1.19. The fourth-order valence-corrected chi connectivity index (χ4v) is 1.99. The molecule has 0 fully saturated rings. The number of ketones is 1. The van der Waals surface area contributed by atoms with Crippen LogP contribution in [0, 0.1) is 5.92 Å². The summed E-state index contributed by atoms with van der Waals surface area (Å²) in [6.45, 7) is 2.01. The van der Waals surface area contributed by atoms with Crippen molar-refractivity contribution in [1.29, 1.82) is 0 Å². The van der Waals surface area contributed by atoms with Crippen LogP contribution < -0.4 is 0 Å². The van der Waals surface area contributed by atoms with Crippen molar-refractivity contribution in [2.45, 2.75) is 39.0 Å². The number of ether oxygens (including phenoxy) is 1. The maximum absolute atomic E-state index is 11.7. The van der Waals surface area contributed by atoms with Crippen LogP contribution in [0.4, 0.5) is 0 Å². The molecule has 0 saturated heterocycles. The molecule has 0 radical (unpaired) electrons. The van der Waals surface area contributed by atoms with Crippen molar-refractivity contribution in [1.82, 2.24) is 0 Å². The molecule has 1 aliphatic carbocycles. The summed E-state index contributed by atoms with van der Waals surface area (Å²) in [6, 6.07) is 0. The number of carbonyl (C=O) groups excluding carboxylic acids is 2. The van der Waals surface area contributed by atoms with E-state index in [0.29, 0.717) is 0 Å². The molecule has 3 nitrogen and oxygen atoms in total. The van der Waals surface area contributed by atoms with Crippen LogP contribution in [-0.4, -0.2) is 18.9 Å². The maximum Gasteiger partial charge on any atom is 0.330 e. The lowest BCUT2D eigenvalue weighted by molar-refractivity contribution is -0.134. The number of carbonyl (C=O) groups is 2. The fraction of sp³-hybridized carbons (Fsp3) is 0.571. The van der Waals surface area contributed by atoms with Crippen LogP contribution in [-0.2, 0) is 14.3 Å². The molecule has 0 unspecified atom stereocenters. The van der Waals surface area contributed by atoms with E-state index in [0.717, 1.165) is 32.1 Å². The van der Waals surface area contributed by atoms with Crippen molar-refractivity contribution in [2.75, 3.05) is 7.11 Å². The first-order valence-electron chi connectivity index (χ1n) is 6.09. The molecule has 0 bridgehead atoms. The minimum Gasteiger partial charge on any atom is -0.466 e. The van der Waals surface area contributed by atoms with Crippen molar-refractivity contribution in [3.8, 4) is 0 Å². The van der Waals surface area contributed by atoms with E-state index in [2.05, 4.69) is 4.74 Å². The van der Waals surface area contributed by atoms with Crippen molar-refractivity contribution in [3.63, 3.8) is 0 Å². The number of rotatable bonds is 5. The van der Waals surface area contributed by atoms with Gasteiger partial charge in [0, 0.05) is 12.0 Å². The van der Waals surface area contributed by atoms with Gasteiger partial charge < -0.3 is 4.74 Å². The highest BCUT2D eigenvalue weighted by Crippen LogP contribution is 2.24. The first-order chi connectivity index (χ1) is 8.13. The minimum atomic E-state index is -0.322. The summed E-state index contributed by atoms with van der Waals surface area (Å²) in [5, 5.41) is 0. The predicted octanol–water partition coefficient (Wildman–Crippen LogP) is 2.81. The molecule has 1 aliphatic rings. The molecule has 0 spiro atoms. The van der Waals surface area contributed by atoms with Crippen LogP contribution >= 0.6 is 0 Å². The molecule has 0 aliphatic heterocycles. The van der Waals surface area contributed by atoms with Gasteiger partial charge in [-0.3, -0.25) is 4.79 Å². The standard InChI is InChI=1S/C14H20O3/c1-11-8-9-12(13(15)10-11)6-4-3-5-7-14(16)17-2/h5,7,10,12H,3-4,6,8-9H2,1-2H3/b7-5+/t12-/m1/s1. The Morgan fingerprint density at radius 1 is 1.59 bits per heavy atom. The van der Waals surface area contributed by atoms with Crippen LogP contribution in [0.5, 0.6) is 0 Å². The van der Waals surface area contributed by atoms with Crippen LogP contribution in [0.25, 0.3) is 0 Å². The summed E-state index contributed by atoms with van der Waals surface area (Å²) >= 11 is 0. The van der Waals surface area contributed by atoms with E-state index in [1.807, 2.05) is 6.92 Å². The average molecular weight is 236 g/mol. The normalized spacial score (nSPS) is 20.5. The second-order valence-corrected chi connectivity index (χ2v) is 4.49. The third kappa shape index (κ3) is 4.98. The van der Waals surface area contributed by atoms with E-state index >= 15 is 0 Å². The monoisotopic (exact) mass is 236 g/mol. The molecule has 17 heavy (non-hydrogen) atoms. The maximum atomic E-state index is 11.7. The summed E-state index contributed by atoms with van der Waals surface area (Å²) in [7, 11) is 1.36. The number of hydrogen-bond acceptors (Lipinski definition) is 3. The average Bonchev–Trinajstić information content (AvgIpc) is 2.30. The second kappa shape index (κ2) is 7.05. The Bertz CT molecular complexity index is 339. The van der Waals surface area contributed by atoms with Crippen LogP contribution in [0.1, 0.15) is 39.0 Å². The van der Waals surface area contributed by atoms with Gasteiger partial charge in [-0.05, 0) is 45.1 Å². The highest BCUT2D eigenvalue weighted by Gasteiger charge is 2.19. The van der Waals surface area contributed by atoms with E-state index < -0.39 is 0 Å². The van der Waals surface area contributed by atoms with Gasteiger partial charge in [0.2, 0.25) is 0 Å². The van der Waals surface area contributed by atoms with Gasteiger partial charge in [0.1, 0.15) is 0 Å². The lowest BCUT2D eigenvalue weighted by atomic mass is 9.86. The quantitative estimate of drug-likeness (QED) is 0.419. The Labute approximate surface area is 103 Å². The van der Waals surface area contributed by atoms with Gasteiger partial charge in [0.25, 0.3) is 0 Å². The van der Waals surface area contributed by atoms with E-state index in [-0.39, 0.29) is 17.7 Å². The Balaban J connectivity index is 2.22. The largest absolute Gasteiger partial charge is 0.466 e. The van der Waals surface area contributed by atoms with E-state index in [1.165, 1.54) is 18.8 Å². The Morgan fingerprint density at radius 2 is 2.35 bits per heavy atom. The molecule has 3 heteroatoms. The zero-order valence-corrected chi connectivity index (χ0v) is 10.6. The topological polar surface area (TPSA) is 43.4 Å². The van der Waals surface area contributed by atoms with Crippen LogP contribution in [0.3, 0.4) is 0 Å². The first-order valence-corrected chi connectivity index (χ1v) is 6.09. The lowest BCUT2D eigenvalue weighted by Crippen LogP contribution is -2.16. The number of hydrogen-bond donors (Lipinski definition) is 0. The summed E-state index contributed by atoms with van der Waals surface area (Å²) in [5.74, 6) is 0.133. The number of allylic oxidation sites excluding steroid dienone is 3. The van der Waals surface area contributed by atoms with E-state index in [4.69, 9.17) is 0 Å². The number of methoxy groups -OCH3 is 1. The van der Waals surface area contributed by atoms with Crippen LogP contribution in [0.15, 0.2) is 23.8 Å². The smallest absolute Gasteiger partial charge is 0.330 e. The SMILES string of the molecule is COC(=O)/C=C/CCC[C@@H]1CCC(C)=CC1=O. The number of unbranched alkanes of at least 4 members (excludes halogenated alkanes) is 1. The van der Waals surface area contributed by atoms with E-state index in [9.17, 15) is 9.59 Å². The first kappa shape index (κ1) is 13.7. The van der Waals surface area contributed by atoms with Gasteiger partial charge in [0.05, 0.1) is 7.11 Å². The third-order valence-electron chi connectivity index (χ3n) is 3.06. The molecule has 0 aromatic rings. The van der Waals surface area contributed by atoms with Crippen molar-refractivity contribution >= 4 is 11.8 Å². The Kier molecular flexibility index (Phi) is 5.67. The highest BCUT2D eigenvalue weighted by atomic mass is 16.5. The molecular weight excluding hydrogens is 216 g/mol. The fourth-order valence-electron chi connectivity index (χ4n) is 1.99. The van der Waals surface area contributed by atoms with Crippen molar-refractivity contribution in [2.24, 2.45) is 5.92 Å². The van der Waals surface area contributed by atoms with Gasteiger partial charge >= 0.3 is 5.97 Å². The summed E-state index contributed by atoms with van der Waals surface area (Å²) < 4.78 is 4.49. The summed E-state index contributed by atoms with van der Waals surface area (Å²) in [6.07, 6.45) is 9.70. The molecular formula is C14H20O3. The molecule has 1 rings (SSSR count). The minimum absolute atomic E-state index is 0.185. The predicted molar refractivity (Wildman–Crippen MR) is 66.5 cm³/mol. The van der Waals surface area contributed by atoms with Crippen molar-refractivity contribution < 1.29 is 14.3 Å². The molecule has 0 amide bonds. The van der Waals surface area contributed by atoms with Gasteiger partial charge in [-0.1, -0.05) is 11.6 Å². The summed E-state index contributed by atoms with van der Waals surface area (Å²) in [4.78, 5) is 22.4. The number of esters is 1. The lowest BCUT2D eigenvalue weighted by Gasteiger charge is -2.18.